The summed E-state index contributed by atoms with van der Waals surface area (Å²) in [5, 5.41) is 3.47. The van der Waals surface area contributed by atoms with E-state index in [0.717, 1.165) is 40.0 Å². The summed E-state index contributed by atoms with van der Waals surface area (Å²) in [5.74, 6) is 2.37. The lowest BCUT2D eigenvalue weighted by molar-refractivity contribution is 0.171. The van der Waals surface area contributed by atoms with Gasteiger partial charge in [-0.25, -0.2) is 4.98 Å². The Morgan fingerprint density at radius 3 is 2.69 bits per heavy atom. The molecule has 1 N–H and O–H groups in total. The van der Waals surface area contributed by atoms with Crippen molar-refractivity contribution in [3.8, 4) is 22.9 Å². The number of ether oxygens (including phenoxy) is 2. The molecule has 6 nitrogen and oxygen atoms in total. The van der Waals surface area contributed by atoms with Crippen LogP contribution in [0, 0.1) is 0 Å². The molecule has 0 saturated heterocycles. The zero-order valence-corrected chi connectivity index (χ0v) is 13.9. The second-order valence-corrected chi connectivity index (χ2v) is 5.94. The van der Waals surface area contributed by atoms with E-state index in [1.807, 2.05) is 65.2 Å². The third kappa shape index (κ3) is 2.52. The average molecular weight is 344 g/mol. The van der Waals surface area contributed by atoms with Crippen molar-refractivity contribution in [1.29, 1.82) is 0 Å². The van der Waals surface area contributed by atoms with Gasteiger partial charge in [-0.05, 0) is 36.4 Å². The minimum atomic E-state index is 0.561. The number of rotatable bonds is 3. The Bertz CT molecular complexity index is 1080. The van der Waals surface area contributed by atoms with Gasteiger partial charge >= 0.3 is 0 Å². The van der Waals surface area contributed by atoms with Gasteiger partial charge in [0, 0.05) is 24.1 Å². The monoisotopic (exact) mass is 344 g/mol. The predicted octanol–water partition coefficient (Wildman–Crippen LogP) is 3.91. The number of nitrogens with zero attached hydrogens (tertiary/aromatic N) is 3. The fourth-order valence-corrected chi connectivity index (χ4v) is 3.05. The molecule has 3 aromatic heterocycles. The van der Waals surface area contributed by atoms with Crippen LogP contribution in [0.1, 0.15) is 0 Å². The first-order valence-electron chi connectivity index (χ1n) is 8.44. The summed E-state index contributed by atoms with van der Waals surface area (Å²) in [6, 6.07) is 17.6. The van der Waals surface area contributed by atoms with Crippen molar-refractivity contribution in [2.45, 2.75) is 0 Å². The highest BCUT2D eigenvalue weighted by Gasteiger charge is 2.17. The van der Waals surface area contributed by atoms with Crippen molar-refractivity contribution < 1.29 is 9.47 Å². The van der Waals surface area contributed by atoms with E-state index in [1.54, 1.807) is 6.20 Å². The van der Waals surface area contributed by atoms with Crippen LogP contribution in [0.3, 0.4) is 0 Å². The molecule has 0 unspecified atom stereocenters. The Balaban J connectivity index is 1.62. The first-order chi connectivity index (χ1) is 12.9. The Morgan fingerprint density at radius 1 is 0.923 bits per heavy atom. The molecule has 5 rings (SSSR count). The molecule has 1 aromatic carbocycles. The average Bonchev–Trinajstić information content (AvgIpc) is 3.07. The van der Waals surface area contributed by atoms with Gasteiger partial charge < -0.3 is 14.8 Å². The van der Waals surface area contributed by atoms with Crippen molar-refractivity contribution in [2.75, 3.05) is 18.5 Å². The van der Waals surface area contributed by atoms with Gasteiger partial charge in [0.25, 0.3) is 0 Å². The summed E-state index contributed by atoms with van der Waals surface area (Å²) in [6.07, 6.45) is 3.75. The van der Waals surface area contributed by atoms with Gasteiger partial charge in [0.05, 0.1) is 5.69 Å². The first-order valence-corrected chi connectivity index (χ1v) is 8.44. The van der Waals surface area contributed by atoms with Gasteiger partial charge in [-0.1, -0.05) is 12.1 Å². The van der Waals surface area contributed by atoms with Crippen LogP contribution in [0.15, 0.2) is 67.0 Å². The number of benzene rings is 1. The Hall–Kier alpha value is -3.54. The number of anilines is 2. The summed E-state index contributed by atoms with van der Waals surface area (Å²) in [7, 11) is 0. The molecule has 4 heterocycles. The SMILES string of the molecule is c1ccc(-c2nc3ccccn3c2Nc2ccc3c(c2)OCCO3)nc1. The Labute approximate surface area is 150 Å². The number of hydrogen-bond donors (Lipinski definition) is 1. The molecule has 0 spiro atoms. The van der Waals surface area contributed by atoms with Crippen molar-refractivity contribution in [3.05, 3.63) is 67.0 Å². The smallest absolute Gasteiger partial charge is 0.163 e. The molecule has 0 fully saturated rings. The molecule has 0 bridgehead atoms. The van der Waals surface area contributed by atoms with Crippen LogP contribution in [0.4, 0.5) is 11.5 Å². The molecule has 0 aliphatic carbocycles. The molecule has 0 radical (unpaired) electrons. The Morgan fingerprint density at radius 2 is 1.81 bits per heavy atom. The van der Waals surface area contributed by atoms with Gasteiger partial charge in [0.15, 0.2) is 11.5 Å². The molecule has 0 amide bonds. The summed E-state index contributed by atoms with van der Waals surface area (Å²) in [4.78, 5) is 9.20. The van der Waals surface area contributed by atoms with Gasteiger partial charge in [-0.15, -0.1) is 0 Å². The molecule has 4 aromatic rings. The van der Waals surface area contributed by atoms with E-state index in [2.05, 4.69) is 10.3 Å². The molecule has 0 atom stereocenters. The van der Waals surface area contributed by atoms with Crippen LogP contribution in [-0.2, 0) is 0 Å². The molecule has 26 heavy (non-hydrogen) atoms. The van der Waals surface area contributed by atoms with Crippen LogP contribution < -0.4 is 14.8 Å². The maximum atomic E-state index is 5.69. The van der Waals surface area contributed by atoms with Crippen molar-refractivity contribution >= 4 is 17.2 Å². The molecule has 1 aliphatic rings. The molecule has 0 saturated carbocycles. The van der Waals surface area contributed by atoms with Crippen LogP contribution in [0.2, 0.25) is 0 Å². The zero-order chi connectivity index (χ0) is 17.3. The van der Waals surface area contributed by atoms with Gasteiger partial charge in [0.1, 0.15) is 30.4 Å². The maximum Gasteiger partial charge on any atom is 0.163 e. The van der Waals surface area contributed by atoms with Crippen LogP contribution in [0.5, 0.6) is 11.5 Å². The topological polar surface area (TPSA) is 60.7 Å². The molecular formula is C20H16N4O2. The third-order valence-corrected chi connectivity index (χ3v) is 4.24. The summed E-state index contributed by atoms with van der Waals surface area (Å²) < 4.78 is 13.3. The van der Waals surface area contributed by atoms with E-state index in [9.17, 15) is 0 Å². The van der Waals surface area contributed by atoms with Crippen molar-refractivity contribution in [2.24, 2.45) is 0 Å². The van der Waals surface area contributed by atoms with Crippen molar-refractivity contribution in [1.82, 2.24) is 14.4 Å². The molecular weight excluding hydrogens is 328 g/mol. The largest absolute Gasteiger partial charge is 0.486 e. The minimum Gasteiger partial charge on any atom is -0.486 e. The van der Waals surface area contributed by atoms with Gasteiger partial charge in [-0.2, -0.15) is 0 Å². The number of imidazole rings is 1. The lowest BCUT2D eigenvalue weighted by atomic mass is 10.2. The highest BCUT2D eigenvalue weighted by Crippen LogP contribution is 2.35. The maximum absolute atomic E-state index is 5.69. The van der Waals surface area contributed by atoms with E-state index in [4.69, 9.17) is 14.5 Å². The fraction of sp³-hybridized carbons (Fsp3) is 0.100. The van der Waals surface area contributed by atoms with Crippen molar-refractivity contribution in [3.63, 3.8) is 0 Å². The second-order valence-electron chi connectivity index (χ2n) is 5.94. The third-order valence-electron chi connectivity index (χ3n) is 4.24. The number of fused-ring (bicyclic) bond motifs is 2. The number of hydrogen-bond acceptors (Lipinski definition) is 5. The minimum absolute atomic E-state index is 0.561. The van der Waals surface area contributed by atoms with Gasteiger partial charge in [0.2, 0.25) is 0 Å². The number of nitrogens with one attached hydrogen (secondary N) is 1. The molecule has 128 valence electrons. The first kappa shape index (κ1) is 14.8. The molecule has 6 heteroatoms. The van der Waals surface area contributed by atoms with Crippen LogP contribution >= 0.6 is 0 Å². The van der Waals surface area contributed by atoms with E-state index in [0.29, 0.717) is 13.2 Å². The van der Waals surface area contributed by atoms with E-state index in [-0.39, 0.29) is 0 Å². The zero-order valence-electron chi connectivity index (χ0n) is 13.9. The Kier molecular flexibility index (Phi) is 3.45. The van der Waals surface area contributed by atoms with Crippen LogP contribution in [0.25, 0.3) is 17.0 Å². The fourth-order valence-electron chi connectivity index (χ4n) is 3.05. The van der Waals surface area contributed by atoms with Crippen LogP contribution in [-0.4, -0.2) is 27.6 Å². The van der Waals surface area contributed by atoms with E-state index < -0.39 is 0 Å². The second kappa shape index (κ2) is 6.07. The quantitative estimate of drug-likeness (QED) is 0.610. The van der Waals surface area contributed by atoms with E-state index >= 15 is 0 Å². The predicted molar refractivity (Wildman–Crippen MR) is 99.1 cm³/mol. The number of pyridine rings is 2. The molecule has 1 aliphatic heterocycles. The standard InChI is InChI=1S/C20H16N4O2/c1-3-9-21-15(5-1)19-20(24-10-4-2-6-18(24)23-19)22-14-7-8-16-17(13-14)26-12-11-25-16/h1-10,13,22H,11-12H2. The lowest BCUT2D eigenvalue weighted by Crippen LogP contribution is -2.15. The van der Waals surface area contributed by atoms with E-state index in [1.165, 1.54) is 0 Å². The number of aromatic nitrogens is 3. The highest BCUT2D eigenvalue weighted by atomic mass is 16.6. The van der Waals surface area contributed by atoms with Gasteiger partial charge in [-0.3, -0.25) is 9.38 Å². The highest BCUT2D eigenvalue weighted by molar-refractivity contribution is 5.78. The lowest BCUT2D eigenvalue weighted by Gasteiger charge is -2.19. The summed E-state index contributed by atoms with van der Waals surface area (Å²) >= 11 is 0. The normalized spacial score (nSPS) is 12.9. The summed E-state index contributed by atoms with van der Waals surface area (Å²) in [5.41, 5.74) is 3.37. The summed E-state index contributed by atoms with van der Waals surface area (Å²) in [6.45, 7) is 1.14.